The molecule has 3 nitrogen and oxygen atoms in total. The fraction of sp³-hybridized carbons (Fsp3) is 0.600. The Bertz CT molecular complexity index is 450. The zero-order valence-corrected chi connectivity index (χ0v) is 12.5. The lowest BCUT2D eigenvalue weighted by Crippen LogP contribution is -2.33. The molecular formula is C15H24N2O. The average Bonchev–Trinajstić information content (AvgIpc) is 2.53. The molecule has 0 saturated heterocycles. The summed E-state index contributed by atoms with van der Waals surface area (Å²) in [5.74, 6) is 0.530. The number of carbonyl (C=O) groups excluding carboxylic acids is 1. The van der Waals surface area contributed by atoms with Crippen molar-refractivity contribution in [1.29, 1.82) is 0 Å². The van der Waals surface area contributed by atoms with E-state index in [0.717, 1.165) is 16.9 Å². The van der Waals surface area contributed by atoms with Crippen LogP contribution in [-0.2, 0) is 10.2 Å². The first-order valence-electron chi connectivity index (χ1n) is 6.64. The maximum absolute atomic E-state index is 12.1. The third-order valence-corrected chi connectivity index (χ3v) is 3.37. The molecule has 0 radical (unpaired) electrons. The lowest BCUT2D eigenvalue weighted by Gasteiger charge is -2.15. The van der Waals surface area contributed by atoms with Crippen molar-refractivity contribution in [3.05, 3.63) is 23.5 Å². The number of nitrogens with zero attached hydrogens (tertiary/aromatic N) is 2. The smallest absolute Gasteiger partial charge is 0.236 e. The Kier molecular flexibility index (Phi) is 4.15. The van der Waals surface area contributed by atoms with E-state index in [0.29, 0.717) is 5.92 Å². The van der Waals surface area contributed by atoms with Crippen molar-refractivity contribution in [3.8, 4) is 0 Å². The largest absolute Gasteiger partial charge is 0.314 e. The highest BCUT2D eigenvalue weighted by molar-refractivity contribution is 6.07. The van der Waals surface area contributed by atoms with Crippen LogP contribution >= 0.6 is 0 Å². The molecule has 0 fully saturated rings. The van der Waals surface area contributed by atoms with Crippen molar-refractivity contribution in [2.75, 3.05) is 11.9 Å². The van der Waals surface area contributed by atoms with Crippen LogP contribution in [0.1, 0.15) is 58.7 Å². The first-order chi connectivity index (χ1) is 8.35. The first kappa shape index (κ1) is 14.7. The second-order valence-electron chi connectivity index (χ2n) is 5.27. The quantitative estimate of drug-likeness (QED) is 0.762. The Labute approximate surface area is 110 Å². The molecule has 0 atom stereocenters. The molecule has 1 aromatic heterocycles. The third kappa shape index (κ3) is 2.14. The molecule has 3 heteroatoms. The summed E-state index contributed by atoms with van der Waals surface area (Å²) in [5.41, 5.74) is 2.64. The number of carbonyl (C=O) groups is 1. The van der Waals surface area contributed by atoms with Gasteiger partial charge < -0.3 is 4.90 Å². The van der Waals surface area contributed by atoms with Crippen LogP contribution in [0.3, 0.4) is 0 Å². The van der Waals surface area contributed by atoms with Gasteiger partial charge in [-0.25, -0.2) is 0 Å². The van der Waals surface area contributed by atoms with Crippen LogP contribution < -0.4 is 4.90 Å². The summed E-state index contributed by atoms with van der Waals surface area (Å²) < 4.78 is 0. The molecule has 1 aromatic rings. The maximum atomic E-state index is 12.1. The minimum absolute atomic E-state index is 0.144. The summed E-state index contributed by atoms with van der Waals surface area (Å²) in [5, 5.41) is 0. The summed E-state index contributed by atoms with van der Waals surface area (Å²) >= 11 is 0. The van der Waals surface area contributed by atoms with Crippen molar-refractivity contribution in [1.82, 2.24) is 4.98 Å². The fourth-order valence-corrected chi connectivity index (χ4v) is 2.18. The van der Waals surface area contributed by atoms with E-state index in [4.69, 9.17) is 0 Å². The van der Waals surface area contributed by atoms with Gasteiger partial charge in [-0.1, -0.05) is 27.7 Å². The average molecular weight is 248 g/mol. The van der Waals surface area contributed by atoms with Crippen molar-refractivity contribution < 1.29 is 4.79 Å². The summed E-state index contributed by atoms with van der Waals surface area (Å²) in [6.45, 7) is 12.1. The van der Waals surface area contributed by atoms with Gasteiger partial charge in [-0.15, -0.1) is 0 Å². The van der Waals surface area contributed by atoms with Crippen LogP contribution in [0.15, 0.2) is 12.3 Å². The van der Waals surface area contributed by atoms with Crippen LogP contribution in [0.2, 0.25) is 0 Å². The van der Waals surface area contributed by atoms with E-state index in [2.05, 4.69) is 18.8 Å². The molecule has 18 heavy (non-hydrogen) atoms. The summed E-state index contributed by atoms with van der Waals surface area (Å²) in [7, 11) is 1.83. The van der Waals surface area contributed by atoms with Crippen LogP contribution in [0.4, 0.5) is 5.69 Å². The topological polar surface area (TPSA) is 33.2 Å². The van der Waals surface area contributed by atoms with Gasteiger partial charge in [-0.2, -0.15) is 0 Å². The minimum Gasteiger partial charge on any atom is -0.314 e. The van der Waals surface area contributed by atoms with Crippen LogP contribution in [0.5, 0.6) is 0 Å². The number of amides is 1. The third-order valence-electron chi connectivity index (χ3n) is 3.37. The van der Waals surface area contributed by atoms with Gasteiger partial charge in [0.15, 0.2) is 0 Å². The SMILES string of the molecule is CC.CC(C)c1cc2c(cn1)C(C)(C)C(=O)N2C. The standard InChI is InChI=1S/C13H18N2O.C2H6/c1-8(2)10-6-11-9(7-14-10)13(3,4)12(16)15(11)5;1-2/h6-8H,1-5H3;1-2H3. The van der Waals surface area contributed by atoms with Gasteiger partial charge in [0.05, 0.1) is 11.1 Å². The second-order valence-corrected chi connectivity index (χ2v) is 5.27. The lowest BCUT2D eigenvalue weighted by atomic mass is 9.87. The highest BCUT2D eigenvalue weighted by Crippen LogP contribution is 2.40. The highest BCUT2D eigenvalue weighted by Gasteiger charge is 2.42. The van der Waals surface area contributed by atoms with Gasteiger partial charge in [0.1, 0.15) is 0 Å². The minimum atomic E-state index is -0.438. The van der Waals surface area contributed by atoms with E-state index in [1.165, 1.54) is 0 Å². The van der Waals surface area contributed by atoms with E-state index in [1.54, 1.807) is 4.90 Å². The van der Waals surface area contributed by atoms with Crippen molar-refractivity contribution >= 4 is 11.6 Å². The van der Waals surface area contributed by atoms with Gasteiger partial charge in [0.25, 0.3) is 0 Å². The van der Waals surface area contributed by atoms with Gasteiger partial charge >= 0.3 is 0 Å². The molecule has 1 aliphatic rings. The number of fused-ring (bicyclic) bond motifs is 1. The summed E-state index contributed by atoms with van der Waals surface area (Å²) in [4.78, 5) is 18.2. The van der Waals surface area contributed by atoms with Crippen LogP contribution in [0.25, 0.3) is 0 Å². The van der Waals surface area contributed by atoms with Gasteiger partial charge in [-0.05, 0) is 25.8 Å². The molecule has 0 spiro atoms. The zero-order chi connectivity index (χ0) is 14.1. The van der Waals surface area contributed by atoms with E-state index >= 15 is 0 Å². The molecule has 0 aliphatic carbocycles. The molecule has 2 rings (SSSR count). The molecular weight excluding hydrogens is 224 g/mol. The van der Waals surface area contributed by atoms with Gasteiger partial charge in [-0.3, -0.25) is 9.78 Å². The number of rotatable bonds is 1. The summed E-state index contributed by atoms with van der Waals surface area (Å²) in [6, 6.07) is 2.03. The number of hydrogen-bond donors (Lipinski definition) is 0. The van der Waals surface area contributed by atoms with Gasteiger partial charge in [0, 0.05) is 24.5 Å². The highest BCUT2D eigenvalue weighted by atomic mass is 16.2. The molecule has 2 heterocycles. The number of aromatic nitrogens is 1. The molecule has 1 aliphatic heterocycles. The molecule has 0 N–H and O–H groups in total. The predicted octanol–water partition coefficient (Wildman–Crippen LogP) is 3.49. The molecule has 0 unspecified atom stereocenters. The van der Waals surface area contributed by atoms with Crippen LogP contribution in [-0.4, -0.2) is 17.9 Å². The Morgan fingerprint density at radius 1 is 1.28 bits per heavy atom. The van der Waals surface area contributed by atoms with E-state index < -0.39 is 5.41 Å². The molecule has 1 amide bonds. The Hall–Kier alpha value is -1.38. The Balaban J connectivity index is 0.000000771. The van der Waals surface area contributed by atoms with Crippen molar-refractivity contribution in [2.24, 2.45) is 0 Å². The number of hydrogen-bond acceptors (Lipinski definition) is 2. The maximum Gasteiger partial charge on any atom is 0.236 e. The van der Waals surface area contributed by atoms with Crippen molar-refractivity contribution in [3.63, 3.8) is 0 Å². The van der Waals surface area contributed by atoms with Crippen molar-refractivity contribution in [2.45, 2.75) is 52.9 Å². The normalized spacial score (nSPS) is 16.4. The Morgan fingerprint density at radius 2 is 1.83 bits per heavy atom. The molecule has 100 valence electrons. The van der Waals surface area contributed by atoms with Crippen LogP contribution in [0, 0.1) is 0 Å². The van der Waals surface area contributed by atoms with Gasteiger partial charge in [0.2, 0.25) is 5.91 Å². The zero-order valence-electron chi connectivity index (χ0n) is 12.5. The van der Waals surface area contributed by atoms with E-state index in [-0.39, 0.29) is 5.91 Å². The molecule has 0 aromatic carbocycles. The second kappa shape index (κ2) is 5.09. The monoisotopic (exact) mass is 248 g/mol. The first-order valence-corrected chi connectivity index (χ1v) is 6.64. The number of pyridine rings is 1. The lowest BCUT2D eigenvalue weighted by molar-refractivity contribution is -0.121. The number of anilines is 1. The Morgan fingerprint density at radius 3 is 2.33 bits per heavy atom. The predicted molar refractivity (Wildman–Crippen MR) is 76.1 cm³/mol. The number of likely N-dealkylation sites (N-methyl/N-ethyl adjacent to an activating group) is 1. The fourth-order valence-electron chi connectivity index (χ4n) is 2.18. The molecule has 0 bridgehead atoms. The summed E-state index contributed by atoms with van der Waals surface area (Å²) in [6.07, 6.45) is 1.85. The molecule has 0 saturated carbocycles. The van der Waals surface area contributed by atoms with E-state index in [9.17, 15) is 4.79 Å². The van der Waals surface area contributed by atoms with E-state index in [1.807, 2.05) is 47.0 Å².